The molecule has 1 atom stereocenters. The molecule has 9 heteroatoms. The predicted molar refractivity (Wildman–Crippen MR) is 109 cm³/mol. The summed E-state index contributed by atoms with van der Waals surface area (Å²) in [5, 5.41) is 0.470. The second kappa shape index (κ2) is 9.22. The molecule has 3 aromatic rings. The summed E-state index contributed by atoms with van der Waals surface area (Å²) in [7, 11) is 0. The molecule has 1 saturated heterocycles. The van der Waals surface area contributed by atoms with Crippen molar-refractivity contribution in [2.75, 3.05) is 13.2 Å². The largest absolute Gasteiger partial charge is 0.435 e. The van der Waals surface area contributed by atoms with Crippen LogP contribution in [0.2, 0.25) is 0 Å². The van der Waals surface area contributed by atoms with E-state index in [0.717, 1.165) is 12.8 Å². The summed E-state index contributed by atoms with van der Waals surface area (Å²) in [6.07, 6.45) is 1.63. The van der Waals surface area contributed by atoms with Gasteiger partial charge >= 0.3 is 6.61 Å². The van der Waals surface area contributed by atoms with E-state index in [2.05, 4.69) is 14.7 Å². The van der Waals surface area contributed by atoms with E-state index in [1.165, 1.54) is 24.3 Å². The summed E-state index contributed by atoms with van der Waals surface area (Å²) >= 11 is 0. The number of benzene rings is 2. The molecule has 1 N–H and O–H groups in total. The van der Waals surface area contributed by atoms with Crippen LogP contribution in [0.1, 0.15) is 29.0 Å². The molecule has 0 aliphatic carbocycles. The maximum Gasteiger partial charge on any atom is 0.387 e. The molecule has 0 unspecified atom stereocenters. The number of carbonyl (C=O) groups excluding carboxylic acids is 1. The summed E-state index contributed by atoms with van der Waals surface area (Å²) in [4.78, 5) is 34.3. The quantitative estimate of drug-likeness (QED) is 0.623. The van der Waals surface area contributed by atoms with Crippen LogP contribution in [-0.4, -0.2) is 46.6 Å². The van der Waals surface area contributed by atoms with Crippen LogP contribution in [0.4, 0.5) is 8.78 Å². The number of nitrogens with one attached hydrogen (secondary N) is 1. The molecule has 162 valence electrons. The topological polar surface area (TPSA) is 84.5 Å². The molecule has 1 amide bonds. The van der Waals surface area contributed by atoms with Crippen molar-refractivity contribution in [3.05, 3.63) is 70.3 Å². The second-order valence-corrected chi connectivity index (χ2v) is 7.25. The smallest absolute Gasteiger partial charge is 0.387 e. The highest BCUT2D eigenvalue weighted by Crippen LogP contribution is 2.19. The number of fused-ring (bicyclic) bond motifs is 1. The van der Waals surface area contributed by atoms with E-state index in [1.54, 1.807) is 29.2 Å². The van der Waals surface area contributed by atoms with Gasteiger partial charge in [0.05, 0.1) is 23.6 Å². The molecule has 4 rings (SSSR count). The molecule has 0 spiro atoms. The van der Waals surface area contributed by atoms with Crippen molar-refractivity contribution < 1.29 is 23.0 Å². The third-order valence-corrected chi connectivity index (χ3v) is 5.06. The molecule has 1 aliphatic rings. The maximum absolute atomic E-state index is 13.2. The Morgan fingerprint density at radius 1 is 1.23 bits per heavy atom. The Hall–Kier alpha value is -3.33. The number of hydrogen-bond donors (Lipinski definition) is 1. The van der Waals surface area contributed by atoms with E-state index in [1.807, 2.05) is 0 Å². The normalized spacial score (nSPS) is 16.0. The summed E-state index contributed by atoms with van der Waals surface area (Å²) in [6.45, 7) is -1.90. The number of halogens is 2. The first-order valence-electron chi connectivity index (χ1n) is 9.93. The third-order valence-electron chi connectivity index (χ3n) is 5.06. The lowest BCUT2D eigenvalue weighted by atomic mass is 10.1. The van der Waals surface area contributed by atoms with E-state index in [-0.39, 0.29) is 29.9 Å². The Morgan fingerprint density at radius 2 is 2.00 bits per heavy atom. The molecule has 2 aromatic carbocycles. The van der Waals surface area contributed by atoms with Crippen LogP contribution >= 0.6 is 0 Å². The van der Waals surface area contributed by atoms with E-state index >= 15 is 0 Å². The fourth-order valence-electron chi connectivity index (χ4n) is 3.61. The molecule has 1 aromatic heterocycles. The van der Waals surface area contributed by atoms with Crippen LogP contribution in [0.5, 0.6) is 5.75 Å². The number of ether oxygens (including phenoxy) is 2. The lowest BCUT2D eigenvalue weighted by Gasteiger charge is -2.25. The fraction of sp³-hybridized carbons (Fsp3) is 0.318. The average molecular weight is 429 g/mol. The van der Waals surface area contributed by atoms with Gasteiger partial charge in [0, 0.05) is 18.7 Å². The average Bonchev–Trinajstić information content (AvgIpc) is 3.26. The van der Waals surface area contributed by atoms with Crippen molar-refractivity contribution >= 4 is 16.8 Å². The van der Waals surface area contributed by atoms with Gasteiger partial charge in [0.15, 0.2) is 0 Å². The fourth-order valence-corrected chi connectivity index (χ4v) is 3.61. The molecule has 0 radical (unpaired) electrons. The Morgan fingerprint density at radius 3 is 2.71 bits per heavy atom. The lowest BCUT2D eigenvalue weighted by molar-refractivity contribution is -0.0498. The van der Waals surface area contributed by atoms with Crippen LogP contribution in [-0.2, 0) is 11.3 Å². The van der Waals surface area contributed by atoms with Crippen molar-refractivity contribution in [1.29, 1.82) is 0 Å². The molecule has 7 nitrogen and oxygen atoms in total. The first kappa shape index (κ1) is 20.9. The number of hydrogen-bond acceptors (Lipinski definition) is 5. The second-order valence-electron chi connectivity index (χ2n) is 7.25. The number of amides is 1. The Bertz CT molecular complexity index is 1110. The molecule has 2 heterocycles. The summed E-state index contributed by atoms with van der Waals surface area (Å²) in [5.41, 5.74) is 0.570. The summed E-state index contributed by atoms with van der Waals surface area (Å²) in [6, 6.07) is 12.5. The number of aromatic amines is 1. The van der Waals surface area contributed by atoms with E-state index in [4.69, 9.17) is 4.74 Å². The number of alkyl halides is 2. The Labute approximate surface area is 176 Å². The zero-order chi connectivity index (χ0) is 21.8. The van der Waals surface area contributed by atoms with Crippen molar-refractivity contribution in [2.24, 2.45) is 0 Å². The van der Waals surface area contributed by atoms with Gasteiger partial charge in [0.25, 0.3) is 11.5 Å². The van der Waals surface area contributed by atoms with Gasteiger partial charge in [-0.15, -0.1) is 0 Å². The van der Waals surface area contributed by atoms with Gasteiger partial charge in [-0.3, -0.25) is 9.59 Å². The van der Waals surface area contributed by atoms with Crippen molar-refractivity contribution in [2.45, 2.75) is 32.1 Å². The third kappa shape index (κ3) is 5.05. The van der Waals surface area contributed by atoms with Gasteiger partial charge in [0.1, 0.15) is 11.6 Å². The van der Waals surface area contributed by atoms with Gasteiger partial charge in [-0.25, -0.2) is 4.98 Å². The number of rotatable bonds is 7. The number of para-hydroxylation sites is 1. The first-order valence-corrected chi connectivity index (χ1v) is 9.93. The van der Waals surface area contributed by atoms with Crippen molar-refractivity contribution in [3.63, 3.8) is 0 Å². The van der Waals surface area contributed by atoms with Crippen LogP contribution in [0.25, 0.3) is 10.9 Å². The SMILES string of the molecule is O=C(c1ccc(OC(F)F)cc1)N(Cc1nc2ccccc2c(=O)[nH]1)C[C@H]1CCCO1. The molecular weight excluding hydrogens is 408 g/mol. The highest BCUT2D eigenvalue weighted by molar-refractivity contribution is 5.94. The van der Waals surface area contributed by atoms with E-state index in [0.29, 0.717) is 35.4 Å². The molecule has 31 heavy (non-hydrogen) atoms. The minimum absolute atomic E-state index is 0.0299. The van der Waals surface area contributed by atoms with Gasteiger partial charge in [-0.05, 0) is 49.2 Å². The molecule has 1 fully saturated rings. The summed E-state index contributed by atoms with van der Waals surface area (Å²) < 4.78 is 34.8. The number of carbonyl (C=O) groups is 1. The lowest BCUT2D eigenvalue weighted by Crippen LogP contribution is -2.37. The van der Waals surface area contributed by atoms with Crippen LogP contribution in [0.15, 0.2) is 53.3 Å². The standard InChI is InChI=1S/C22H21F2N3O4/c23-22(24)31-15-9-7-14(8-10-15)21(29)27(12-16-4-3-11-30-16)13-19-25-18-6-2-1-5-17(18)20(28)26-19/h1-2,5-10,16,22H,3-4,11-13H2,(H,25,26,28)/t16-/m1/s1. The molecular formula is C22H21F2N3O4. The zero-order valence-corrected chi connectivity index (χ0v) is 16.6. The Kier molecular flexibility index (Phi) is 6.22. The van der Waals surface area contributed by atoms with Gasteiger partial charge in [0.2, 0.25) is 0 Å². The first-order chi connectivity index (χ1) is 15.0. The zero-order valence-electron chi connectivity index (χ0n) is 16.6. The minimum Gasteiger partial charge on any atom is -0.435 e. The van der Waals surface area contributed by atoms with Crippen molar-refractivity contribution in [1.82, 2.24) is 14.9 Å². The van der Waals surface area contributed by atoms with Crippen molar-refractivity contribution in [3.8, 4) is 5.75 Å². The van der Waals surface area contributed by atoms with Crippen LogP contribution in [0.3, 0.4) is 0 Å². The highest BCUT2D eigenvalue weighted by Gasteiger charge is 2.24. The van der Waals surface area contributed by atoms with Crippen LogP contribution < -0.4 is 10.3 Å². The number of aromatic nitrogens is 2. The van der Waals surface area contributed by atoms with E-state index < -0.39 is 6.61 Å². The van der Waals surface area contributed by atoms with Gasteiger partial charge in [-0.1, -0.05) is 12.1 Å². The molecule has 1 aliphatic heterocycles. The monoisotopic (exact) mass is 429 g/mol. The predicted octanol–water partition coefficient (Wildman–Crippen LogP) is 3.35. The Balaban J connectivity index is 1.59. The van der Waals surface area contributed by atoms with Gasteiger partial charge in [-0.2, -0.15) is 8.78 Å². The summed E-state index contributed by atoms with van der Waals surface area (Å²) in [5.74, 6) is 0.000331. The van der Waals surface area contributed by atoms with Crippen LogP contribution in [0, 0.1) is 0 Å². The van der Waals surface area contributed by atoms with Gasteiger partial charge < -0.3 is 19.4 Å². The number of H-pyrrole nitrogens is 1. The molecule has 0 saturated carbocycles. The highest BCUT2D eigenvalue weighted by atomic mass is 19.3. The minimum atomic E-state index is -2.94. The maximum atomic E-state index is 13.2. The molecule has 0 bridgehead atoms. The number of nitrogens with zero attached hydrogens (tertiary/aromatic N) is 2. The van der Waals surface area contributed by atoms with E-state index in [9.17, 15) is 18.4 Å².